The Balaban J connectivity index is 1.88. The van der Waals surface area contributed by atoms with Gasteiger partial charge in [0.25, 0.3) is 5.69 Å². The van der Waals surface area contributed by atoms with Crippen LogP contribution in [0.15, 0.2) is 18.3 Å². The summed E-state index contributed by atoms with van der Waals surface area (Å²) in [7, 11) is 0. The first-order chi connectivity index (χ1) is 8.69. The van der Waals surface area contributed by atoms with Gasteiger partial charge < -0.3 is 9.84 Å². The minimum Gasteiger partial charge on any atom is -0.474 e. The van der Waals surface area contributed by atoms with Crippen LogP contribution in [0, 0.1) is 16.0 Å². The van der Waals surface area contributed by atoms with E-state index in [0.29, 0.717) is 11.8 Å². The molecular weight excluding hydrogens is 236 g/mol. The van der Waals surface area contributed by atoms with Gasteiger partial charge >= 0.3 is 0 Å². The highest BCUT2D eigenvalue weighted by atomic mass is 16.6. The molecule has 0 bridgehead atoms. The van der Waals surface area contributed by atoms with E-state index in [9.17, 15) is 10.1 Å². The average molecular weight is 252 g/mol. The summed E-state index contributed by atoms with van der Waals surface area (Å²) < 4.78 is 5.67. The molecular formula is C12H16N2O4. The first-order valence-corrected chi connectivity index (χ1v) is 6.07. The Morgan fingerprint density at radius 2 is 2.11 bits per heavy atom. The normalized spacial score (nSPS) is 23.6. The highest BCUT2D eigenvalue weighted by Crippen LogP contribution is 2.27. The molecule has 18 heavy (non-hydrogen) atoms. The molecule has 1 N–H and O–H groups in total. The van der Waals surface area contributed by atoms with E-state index in [0.717, 1.165) is 25.7 Å². The van der Waals surface area contributed by atoms with Crippen LogP contribution in [0.2, 0.25) is 0 Å². The minimum absolute atomic E-state index is 0.0358. The molecule has 6 nitrogen and oxygen atoms in total. The number of nitrogens with zero attached hydrogens (tertiary/aromatic N) is 2. The second-order valence-corrected chi connectivity index (χ2v) is 4.55. The summed E-state index contributed by atoms with van der Waals surface area (Å²) in [6.07, 6.45) is 4.99. The van der Waals surface area contributed by atoms with Crippen molar-refractivity contribution in [2.24, 2.45) is 5.92 Å². The zero-order chi connectivity index (χ0) is 13.0. The maximum Gasteiger partial charge on any atom is 0.287 e. The van der Waals surface area contributed by atoms with E-state index in [1.165, 1.54) is 18.3 Å². The van der Waals surface area contributed by atoms with Crippen LogP contribution >= 0.6 is 0 Å². The minimum atomic E-state index is -0.483. The fourth-order valence-corrected chi connectivity index (χ4v) is 2.15. The number of aliphatic hydroxyl groups is 1. The van der Waals surface area contributed by atoms with Crippen molar-refractivity contribution in [3.05, 3.63) is 28.4 Å². The van der Waals surface area contributed by atoms with Gasteiger partial charge in [-0.05, 0) is 31.6 Å². The Bertz CT molecular complexity index is 399. The van der Waals surface area contributed by atoms with Crippen molar-refractivity contribution in [1.29, 1.82) is 0 Å². The van der Waals surface area contributed by atoms with Crippen molar-refractivity contribution >= 4 is 5.69 Å². The summed E-state index contributed by atoms with van der Waals surface area (Å²) in [5, 5.41) is 19.5. The van der Waals surface area contributed by atoms with Crippen molar-refractivity contribution in [1.82, 2.24) is 4.98 Å². The third-order valence-electron chi connectivity index (χ3n) is 3.27. The zero-order valence-electron chi connectivity index (χ0n) is 9.99. The summed E-state index contributed by atoms with van der Waals surface area (Å²) in [5.41, 5.74) is -0.0358. The Morgan fingerprint density at radius 1 is 1.39 bits per heavy atom. The molecule has 1 saturated carbocycles. The molecule has 0 spiro atoms. The van der Waals surface area contributed by atoms with Crippen LogP contribution in [0.1, 0.15) is 25.7 Å². The van der Waals surface area contributed by atoms with Crippen LogP contribution < -0.4 is 4.74 Å². The second-order valence-electron chi connectivity index (χ2n) is 4.55. The fraction of sp³-hybridized carbons (Fsp3) is 0.583. The van der Waals surface area contributed by atoms with Gasteiger partial charge in [-0.3, -0.25) is 10.1 Å². The molecule has 1 aliphatic carbocycles. The molecule has 0 aromatic carbocycles. The first-order valence-electron chi connectivity index (χ1n) is 6.07. The van der Waals surface area contributed by atoms with Crippen LogP contribution in [0.3, 0.4) is 0 Å². The van der Waals surface area contributed by atoms with Gasteiger partial charge in [-0.15, -0.1) is 0 Å². The lowest BCUT2D eigenvalue weighted by Gasteiger charge is -2.27. The van der Waals surface area contributed by atoms with Gasteiger partial charge in [-0.2, -0.15) is 0 Å². The highest BCUT2D eigenvalue weighted by Gasteiger charge is 2.22. The number of nitro groups is 1. The van der Waals surface area contributed by atoms with Gasteiger partial charge in [-0.1, -0.05) is 0 Å². The van der Waals surface area contributed by atoms with E-state index in [1.807, 2.05) is 0 Å². The lowest BCUT2D eigenvalue weighted by atomic mass is 9.88. The molecule has 0 amide bonds. The topological polar surface area (TPSA) is 85.5 Å². The molecule has 1 fully saturated rings. The predicted octanol–water partition coefficient (Wildman–Crippen LogP) is 1.92. The number of aromatic nitrogens is 1. The molecule has 1 aliphatic rings. The van der Waals surface area contributed by atoms with E-state index in [-0.39, 0.29) is 18.4 Å². The Kier molecular flexibility index (Phi) is 4.09. The number of aliphatic hydroxyl groups excluding tert-OH is 1. The van der Waals surface area contributed by atoms with Gasteiger partial charge in [0, 0.05) is 18.7 Å². The van der Waals surface area contributed by atoms with E-state index in [4.69, 9.17) is 9.84 Å². The van der Waals surface area contributed by atoms with Crippen LogP contribution in [0.4, 0.5) is 5.69 Å². The lowest BCUT2D eigenvalue weighted by molar-refractivity contribution is -0.385. The van der Waals surface area contributed by atoms with Crippen molar-refractivity contribution in [3.8, 4) is 5.88 Å². The average Bonchev–Trinajstić information content (AvgIpc) is 2.40. The van der Waals surface area contributed by atoms with Gasteiger partial charge in [0.2, 0.25) is 5.88 Å². The fourth-order valence-electron chi connectivity index (χ4n) is 2.15. The van der Waals surface area contributed by atoms with E-state index in [1.54, 1.807) is 0 Å². The number of hydrogen-bond acceptors (Lipinski definition) is 5. The van der Waals surface area contributed by atoms with Gasteiger partial charge in [0.15, 0.2) is 0 Å². The molecule has 0 aliphatic heterocycles. The van der Waals surface area contributed by atoms with Crippen LogP contribution in [0.5, 0.6) is 5.88 Å². The summed E-state index contributed by atoms with van der Waals surface area (Å²) in [6, 6.07) is 2.91. The molecule has 1 aromatic rings. The van der Waals surface area contributed by atoms with Gasteiger partial charge in [0.05, 0.1) is 4.92 Å². The summed E-state index contributed by atoms with van der Waals surface area (Å²) >= 11 is 0. The molecule has 0 atom stereocenters. The third kappa shape index (κ3) is 3.16. The van der Waals surface area contributed by atoms with Crippen LogP contribution in [0.25, 0.3) is 0 Å². The van der Waals surface area contributed by atoms with Crippen molar-refractivity contribution < 1.29 is 14.8 Å². The number of rotatable bonds is 4. The third-order valence-corrected chi connectivity index (χ3v) is 3.27. The van der Waals surface area contributed by atoms with Gasteiger partial charge in [-0.25, -0.2) is 4.98 Å². The first kappa shape index (κ1) is 12.8. The smallest absolute Gasteiger partial charge is 0.287 e. The van der Waals surface area contributed by atoms with E-state index < -0.39 is 4.92 Å². The molecule has 1 heterocycles. The Hall–Kier alpha value is -1.69. The number of hydrogen-bond donors (Lipinski definition) is 1. The molecule has 2 rings (SSSR count). The summed E-state index contributed by atoms with van der Waals surface area (Å²) in [5.74, 6) is 0.808. The van der Waals surface area contributed by atoms with E-state index in [2.05, 4.69) is 4.98 Å². The van der Waals surface area contributed by atoms with Crippen LogP contribution in [-0.4, -0.2) is 27.7 Å². The largest absolute Gasteiger partial charge is 0.474 e. The Morgan fingerprint density at radius 3 is 2.61 bits per heavy atom. The second kappa shape index (κ2) is 5.77. The standard InChI is InChI=1S/C12H16N2O4/c15-8-9-1-4-11(5-2-9)18-12-6-3-10(7-13-12)14(16)17/h3,6-7,9,11,15H,1-2,4-5,8H2. The van der Waals surface area contributed by atoms with E-state index >= 15 is 0 Å². The van der Waals surface area contributed by atoms with Gasteiger partial charge in [0.1, 0.15) is 12.3 Å². The van der Waals surface area contributed by atoms with Crippen molar-refractivity contribution in [2.45, 2.75) is 31.8 Å². The number of ether oxygens (including phenoxy) is 1. The summed E-state index contributed by atoms with van der Waals surface area (Å²) in [4.78, 5) is 13.9. The molecule has 98 valence electrons. The summed E-state index contributed by atoms with van der Waals surface area (Å²) in [6.45, 7) is 0.239. The molecule has 1 aromatic heterocycles. The predicted molar refractivity (Wildman–Crippen MR) is 64.4 cm³/mol. The van der Waals surface area contributed by atoms with Crippen molar-refractivity contribution in [3.63, 3.8) is 0 Å². The lowest BCUT2D eigenvalue weighted by Crippen LogP contribution is -2.25. The Labute approximate surface area is 105 Å². The highest BCUT2D eigenvalue weighted by molar-refractivity contribution is 5.28. The monoisotopic (exact) mass is 252 g/mol. The maximum atomic E-state index is 10.5. The maximum absolute atomic E-state index is 10.5. The molecule has 0 radical (unpaired) electrons. The van der Waals surface area contributed by atoms with Crippen molar-refractivity contribution in [2.75, 3.05) is 6.61 Å². The zero-order valence-corrected chi connectivity index (χ0v) is 9.99. The molecule has 6 heteroatoms. The van der Waals surface area contributed by atoms with Crippen LogP contribution in [-0.2, 0) is 0 Å². The SMILES string of the molecule is O=[N+]([O-])c1ccc(OC2CCC(CO)CC2)nc1. The number of pyridine rings is 1. The quantitative estimate of drug-likeness (QED) is 0.653. The molecule has 0 saturated heterocycles. The molecule has 0 unspecified atom stereocenters.